The van der Waals surface area contributed by atoms with Crippen LogP contribution in [0.4, 0.5) is 0 Å². The highest BCUT2D eigenvalue weighted by molar-refractivity contribution is 14.1. The fourth-order valence-electron chi connectivity index (χ4n) is 4.75. The average molecular weight is 763 g/mol. The number of esters is 2. The summed E-state index contributed by atoms with van der Waals surface area (Å²) in [7, 11) is 1.27. The third-order valence-corrected chi connectivity index (χ3v) is 8.43. The van der Waals surface area contributed by atoms with Crippen molar-refractivity contribution < 1.29 is 38.0 Å². The van der Waals surface area contributed by atoms with Crippen molar-refractivity contribution in [3.63, 3.8) is 0 Å². The number of hydrogen-bond donors (Lipinski definition) is 0. The molecule has 3 aromatic rings. The highest BCUT2D eigenvalue weighted by Crippen LogP contribution is 2.37. The van der Waals surface area contributed by atoms with E-state index in [0.717, 1.165) is 9.13 Å². The molecular weight excluding hydrogens is 727 g/mol. The number of halogens is 1. The first-order chi connectivity index (χ1) is 22.2. The second-order valence-electron chi connectivity index (χ2n) is 9.67. The minimum absolute atomic E-state index is 0.143. The van der Waals surface area contributed by atoms with Gasteiger partial charge in [0, 0.05) is 0 Å². The first-order valence-corrected chi connectivity index (χ1v) is 16.4. The normalized spacial score (nSPS) is 14.2. The van der Waals surface area contributed by atoms with Crippen LogP contribution in [-0.2, 0) is 19.1 Å². The monoisotopic (exact) mass is 762 g/mol. The zero-order chi connectivity index (χ0) is 33.4. The maximum Gasteiger partial charge on any atom is 0.343 e. The van der Waals surface area contributed by atoms with E-state index >= 15 is 0 Å². The number of methoxy groups -OCH3 is 1. The van der Waals surface area contributed by atoms with Crippen LogP contribution < -0.4 is 33.8 Å². The highest BCUT2D eigenvalue weighted by Gasteiger charge is 2.34. The molecule has 0 saturated carbocycles. The van der Waals surface area contributed by atoms with Gasteiger partial charge in [0.1, 0.15) is 6.61 Å². The molecule has 0 spiro atoms. The Kier molecular flexibility index (Phi) is 12.0. The van der Waals surface area contributed by atoms with E-state index < -0.39 is 18.0 Å². The van der Waals surface area contributed by atoms with E-state index in [9.17, 15) is 14.4 Å². The van der Waals surface area contributed by atoms with Gasteiger partial charge in [0.25, 0.3) is 5.56 Å². The lowest BCUT2D eigenvalue weighted by Crippen LogP contribution is -2.40. The molecule has 13 heteroatoms. The fourth-order valence-corrected chi connectivity index (χ4v) is 6.58. The molecule has 4 rings (SSSR count). The Morgan fingerprint density at radius 2 is 1.76 bits per heavy atom. The number of rotatable bonds is 14. The molecule has 244 valence electrons. The summed E-state index contributed by atoms with van der Waals surface area (Å²) in [6, 6.07) is 7.87. The summed E-state index contributed by atoms with van der Waals surface area (Å²) in [4.78, 5) is 44.3. The molecule has 0 amide bonds. The first-order valence-electron chi connectivity index (χ1n) is 14.5. The molecule has 2 heterocycles. The third kappa shape index (κ3) is 7.64. The molecule has 1 aliphatic heterocycles. The van der Waals surface area contributed by atoms with E-state index in [1.165, 1.54) is 23.0 Å². The summed E-state index contributed by atoms with van der Waals surface area (Å²) in [6.07, 6.45) is 3.42. The lowest BCUT2D eigenvalue weighted by Gasteiger charge is -2.25. The van der Waals surface area contributed by atoms with Crippen molar-refractivity contribution in [1.29, 1.82) is 0 Å². The average Bonchev–Trinajstić information content (AvgIpc) is 3.33. The Bertz CT molecular complexity index is 1840. The molecule has 0 fully saturated rings. The predicted molar refractivity (Wildman–Crippen MR) is 182 cm³/mol. The van der Waals surface area contributed by atoms with Crippen molar-refractivity contribution in [2.75, 3.05) is 40.1 Å². The quantitative estimate of drug-likeness (QED) is 0.134. The fraction of sp³-hybridized carbons (Fsp3) is 0.333. The van der Waals surface area contributed by atoms with Crippen molar-refractivity contribution in [2.45, 2.75) is 33.7 Å². The van der Waals surface area contributed by atoms with Gasteiger partial charge in [-0.3, -0.25) is 9.36 Å². The van der Waals surface area contributed by atoms with Gasteiger partial charge in [-0.25, -0.2) is 14.6 Å². The van der Waals surface area contributed by atoms with Crippen LogP contribution in [0.15, 0.2) is 64.0 Å². The molecule has 0 unspecified atom stereocenters. The summed E-state index contributed by atoms with van der Waals surface area (Å²) >= 11 is 3.38. The van der Waals surface area contributed by atoms with Crippen LogP contribution in [0, 0.1) is 3.57 Å². The predicted octanol–water partition coefficient (Wildman–Crippen LogP) is 4.32. The molecule has 2 aromatic carbocycles. The van der Waals surface area contributed by atoms with Crippen LogP contribution in [-0.4, -0.2) is 56.6 Å². The molecule has 0 aliphatic carbocycles. The summed E-state index contributed by atoms with van der Waals surface area (Å²) in [5.41, 5.74) is 1.61. The van der Waals surface area contributed by atoms with E-state index in [2.05, 4.69) is 38.9 Å². The van der Waals surface area contributed by atoms with Gasteiger partial charge >= 0.3 is 11.9 Å². The number of ether oxygens (including phenoxy) is 6. The van der Waals surface area contributed by atoms with E-state index in [-0.39, 0.29) is 24.3 Å². The van der Waals surface area contributed by atoms with Crippen molar-refractivity contribution >= 4 is 51.9 Å². The summed E-state index contributed by atoms with van der Waals surface area (Å²) < 4.78 is 35.9. The number of benzene rings is 2. The Morgan fingerprint density at radius 3 is 2.43 bits per heavy atom. The lowest BCUT2D eigenvalue weighted by molar-refractivity contribution is -0.143. The first kappa shape index (κ1) is 34.8. The van der Waals surface area contributed by atoms with Gasteiger partial charge in [-0.15, -0.1) is 0 Å². The van der Waals surface area contributed by atoms with Gasteiger partial charge in [0.05, 0.1) is 52.3 Å². The maximum absolute atomic E-state index is 14.2. The van der Waals surface area contributed by atoms with E-state index in [1.807, 2.05) is 26.0 Å². The molecular formula is C33H35IN2O9S. The lowest BCUT2D eigenvalue weighted by atomic mass is 9.95. The van der Waals surface area contributed by atoms with Gasteiger partial charge in [0.15, 0.2) is 34.4 Å². The van der Waals surface area contributed by atoms with Crippen molar-refractivity contribution in [3.8, 4) is 23.0 Å². The number of carbonyl (C=O) groups excluding carboxylic acids is 2. The third-order valence-electron chi connectivity index (χ3n) is 6.65. The molecule has 46 heavy (non-hydrogen) atoms. The van der Waals surface area contributed by atoms with Gasteiger partial charge < -0.3 is 28.4 Å². The van der Waals surface area contributed by atoms with E-state index in [0.29, 0.717) is 63.4 Å². The Morgan fingerprint density at radius 1 is 1.02 bits per heavy atom. The van der Waals surface area contributed by atoms with Crippen molar-refractivity contribution in [1.82, 2.24) is 4.57 Å². The maximum atomic E-state index is 14.2. The zero-order valence-electron chi connectivity index (χ0n) is 26.2. The minimum atomic E-state index is -0.875. The summed E-state index contributed by atoms with van der Waals surface area (Å²) in [5, 5.41) is 0. The van der Waals surface area contributed by atoms with Gasteiger partial charge in [0.2, 0.25) is 0 Å². The Labute approximate surface area is 283 Å². The van der Waals surface area contributed by atoms with E-state index in [1.54, 1.807) is 44.2 Å². The van der Waals surface area contributed by atoms with Crippen LogP contribution in [0.3, 0.4) is 0 Å². The number of thiazole rings is 1. The topological polar surface area (TPSA) is 124 Å². The minimum Gasteiger partial charge on any atom is -0.490 e. The van der Waals surface area contributed by atoms with Gasteiger partial charge in [-0.2, -0.15) is 0 Å². The number of fused-ring (bicyclic) bond motifs is 1. The molecule has 0 saturated heterocycles. The number of aromatic nitrogens is 1. The smallest absolute Gasteiger partial charge is 0.343 e. The largest absolute Gasteiger partial charge is 0.490 e. The zero-order valence-corrected chi connectivity index (χ0v) is 29.2. The highest BCUT2D eigenvalue weighted by atomic mass is 127. The van der Waals surface area contributed by atoms with Crippen LogP contribution >= 0.6 is 33.9 Å². The molecule has 1 aliphatic rings. The van der Waals surface area contributed by atoms with Crippen LogP contribution in [0.1, 0.15) is 44.9 Å². The van der Waals surface area contributed by atoms with E-state index in [4.69, 9.17) is 23.7 Å². The van der Waals surface area contributed by atoms with Crippen LogP contribution in [0.2, 0.25) is 0 Å². The second kappa shape index (κ2) is 15.9. The molecule has 0 bridgehead atoms. The van der Waals surface area contributed by atoms with Crippen LogP contribution in [0.5, 0.6) is 23.0 Å². The number of hydrogen-bond acceptors (Lipinski definition) is 11. The standard InChI is InChI=1S/C33H35IN2O9S/c1-7-13-44-30-22(34)14-20(15-25(30)42-9-3)16-26-31(38)36-29(28(32(39)43-10-4)19(5)35-33(36)46-26)21-11-12-23(24(17-21)41-8-2)45-18-27(37)40-6/h7,11-12,14-17,29H,1,8-10,13,18H2,2-6H3/b26-16+/t29-/m0/s1. The number of carbonyl (C=O) groups is 2. The molecule has 0 N–H and O–H groups in total. The number of nitrogens with zero attached hydrogens (tertiary/aromatic N) is 2. The molecule has 0 radical (unpaired) electrons. The Balaban J connectivity index is 1.89. The molecule has 1 aromatic heterocycles. The SMILES string of the molecule is C=CCOc1c(I)cc(/C=c2/sc3n(c2=O)[C@@H](c2ccc(OCC(=O)OC)c(OCC)c2)C(C(=O)OCC)=C(C)N=3)cc1OCC. The second-order valence-corrected chi connectivity index (χ2v) is 11.8. The molecule has 11 nitrogen and oxygen atoms in total. The molecule has 1 atom stereocenters. The summed E-state index contributed by atoms with van der Waals surface area (Å²) in [5.74, 6) is 0.649. The Hall–Kier alpha value is -4.11. The van der Waals surface area contributed by atoms with Crippen molar-refractivity contribution in [2.24, 2.45) is 4.99 Å². The van der Waals surface area contributed by atoms with Gasteiger partial charge in [-0.1, -0.05) is 30.1 Å². The van der Waals surface area contributed by atoms with Crippen LogP contribution in [0.25, 0.3) is 6.08 Å². The van der Waals surface area contributed by atoms with Crippen molar-refractivity contribution in [3.05, 3.63) is 88.6 Å². The number of allylic oxidation sites excluding steroid dienone is 1. The van der Waals surface area contributed by atoms with Gasteiger partial charge in [-0.05, 0) is 91.8 Å². The summed E-state index contributed by atoms with van der Waals surface area (Å²) in [6.45, 7) is 11.7.